The molecule has 2 aromatic heterocycles. The molecule has 24 heavy (non-hydrogen) atoms. The Balaban J connectivity index is 1.80. The summed E-state index contributed by atoms with van der Waals surface area (Å²) in [4.78, 5) is 26.6. The molecule has 0 atom stereocenters. The first-order valence-corrected chi connectivity index (χ1v) is 7.78. The highest BCUT2D eigenvalue weighted by Gasteiger charge is 2.16. The quantitative estimate of drug-likeness (QED) is 0.377. The van der Waals surface area contributed by atoms with Gasteiger partial charge >= 0.3 is 10.7 Å². The summed E-state index contributed by atoms with van der Waals surface area (Å²) >= 11 is 0.978. The van der Waals surface area contributed by atoms with Gasteiger partial charge in [-0.25, -0.2) is 14.8 Å². The van der Waals surface area contributed by atoms with Gasteiger partial charge in [0.15, 0.2) is 0 Å². The van der Waals surface area contributed by atoms with Crippen LogP contribution in [0.15, 0.2) is 64.8 Å². The van der Waals surface area contributed by atoms with Crippen LogP contribution in [0.3, 0.4) is 0 Å². The first-order valence-electron chi connectivity index (χ1n) is 6.96. The van der Waals surface area contributed by atoms with Gasteiger partial charge in [-0.1, -0.05) is 18.2 Å². The number of nitrogens with zero attached hydrogens (tertiary/aromatic N) is 2. The lowest BCUT2D eigenvalue weighted by Crippen LogP contribution is -2.31. The zero-order valence-corrected chi connectivity index (χ0v) is 13.2. The van der Waals surface area contributed by atoms with E-state index < -0.39 is 5.91 Å². The minimum Gasteiger partial charge on any atom is -0.507 e. The molecule has 0 aliphatic heterocycles. The number of hydrogen-bond donors (Lipinski definition) is 3. The number of para-hydroxylation sites is 1. The van der Waals surface area contributed by atoms with Gasteiger partial charge < -0.3 is 5.11 Å². The molecular formula is C16H13N4O3S+. The molecule has 0 radical (unpaired) electrons. The van der Waals surface area contributed by atoms with E-state index in [1.165, 1.54) is 18.3 Å². The Morgan fingerprint density at radius 3 is 2.71 bits per heavy atom. The van der Waals surface area contributed by atoms with Crippen LogP contribution < -0.4 is 14.9 Å². The highest BCUT2D eigenvalue weighted by Crippen LogP contribution is 2.15. The number of phenolic OH excluding ortho intramolecular Hbond substituents is 1. The van der Waals surface area contributed by atoms with Crippen molar-refractivity contribution >= 4 is 23.5 Å². The van der Waals surface area contributed by atoms with Gasteiger partial charge in [0.25, 0.3) is 5.91 Å². The van der Waals surface area contributed by atoms with Crippen LogP contribution in [0.1, 0.15) is 15.2 Å². The number of pyridine rings is 1. The Morgan fingerprint density at radius 2 is 1.96 bits per heavy atom. The summed E-state index contributed by atoms with van der Waals surface area (Å²) in [5, 5.41) is 13.5. The Hall–Kier alpha value is -3.26. The average molecular weight is 341 g/mol. The number of nitrogens with one attached hydrogen (secondary N) is 2. The minimum absolute atomic E-state index is 0.120. The number of H-pyrrole nitrogens is 1. The van der Waals surface area contributed by atoms with Crippen molar-refractivity contribution in [3.63, 3.8) is 0 Å². The summed E-state index contributed by atoms with van der Waals surface area (Å²) in [6.07, 6.45) is 4.96. The molecule has 7 nitrogen and oxygen atoms in total. The number of phenols is 1. The number of benzene rings is 1. The van der Waals surface area contributed by atoms with Gasteiger partial charge in [-0.2, -0.15) is 10.1 Å². The van der Waals surface area contributed by atoms with Crippen molar-refractivity contribution in [2.24, 2.45) is 5.10 Å². The van der Waals surface area contributed by atoms with Crippen molar-refractivity contribution in [3.05, 3.63) is 75.0 Å². The van der Waals surface area contributed by atoms with Crippen molar-refractivity contribution in [2.45, 2.75) is 0 Å². The largest absolute Gasteiger partial charge is 0.507 e. The molecule has 0 aliphatic rings. The first kappa shape index (κ1) is 15.6. The van der Waals surface area contributed by atoms with Crippen molar-refractivity contribution in [1.29, 1.82) is 0 Å². The van der Waals surface area contributed by atoms with Crippen LogP contribution in [0.4, 0.5) is 0 Å². The van der Waals surface area contributed by atoms with Crippen LogP contribution in [0.5, 0.6) is 5.75 Å². The van der Waals surface area contributed by atoms with Crippen molar-refractivity contribution < 1.29 is 14.5 Å². The van der Waals surface area contributed by atoms with Crippen LogP contribution in [-0.4, -0.2) is 22.2 Å². The van der Waals surface area contributed by atoms with E-state index in [0.29, 0.717) is 10.7 Å². The van der Waals surface area contributed by atoms with Gasteiger partial charge in [0.1, 0.15) is 10.6 Å². The highest BCUT2D eigenvalue weighted by atomic mass is 32.1. The summed E-state index contributed by atoms with van der Waals surface area (Å²) in [5.41, 5.74) is 2.45. The van der Waals surface area contributed by atoms with Crippen LogP contribution in [0, 0.1) is 0 Å². The standard InChI is InChI=1S/C16H12N4O3S/c21-12-7-3-2-6-11(12)15(22)19-17-10-13-14(18-16(23)24-13)20-8-4-1-5-9-20/h1-10H,(H2-,17,18,19,21,22,23)/p+1. The lowest BCUT2D eigenvalue weighted by Gasteiger charge is -2.01. The summed E-state index contributed by atoms with van der Waals surface area (Å²) in [7, 11) is 0. The summed E-state index contributed by atoms with van der Waals surface area (Å²) < 4.78 is 1.74. The molecule has 8 heteroatoms. The van der Waals surface area contributed by atoms with Gasteiger partial charge in [0.05, 0.1) is 24.2 Å². The molecule has 0 unspecified atom stereocenters. The van der Waals surface area contributed by atoms with E-state index in [9.17, 15) is 14.7 Å². The molecule has 0 fully saturated rings. The second-order valence-corrected chi connectivity index (χ2v) is 5.74. The zero-order chi connectivity index (χ0) is 16.9. The monoisotopic (exact) mass is 341 g/mol. The third kappa shape index (κ3) is 3.39. The SMILES string of the molecule is O=C(NN=Cc1sc(=O)[nH]c1-[n+]1ccccc1)c1ccccc1O. The number of aromatic amines is 1. The molecule has 3 rings (SSSR count). The Kier molecular flexibility index (Phi) is 4.48. The van der Waals surface area contributed by atoms with Crippen molar-refractivity contribution in [1.82, 2.24) is 10.4 Å². The fourth-order valence-corrected chi connectivity index (χ4v) is 2.74. The van der Waals surface area contributed by atoms with Crippen LogP contribution in [0.25, 0.3) is 5.82 Å². The molecule has 0 saturated heterocycles. The van der Waals surface area contributed by atoms with E-state index in [0.717, 1.165) is 11.3 Å². The number of rotatable bonds is 4. The second-order valence-electron chi connectivity index (χ2n) is 4.73. The number of aromatic nitrogens is 2. The number of amides is 1. The zero-order valence-electron chi connectivity index (χ0n) is 12.3. The Morgan fingerprint density at radius 1 is 1.21 bits per heavy atom. The third-order valence-corrected chi connectivity index (χ3v) is 3.93. The van der Waals surface area contributed by atoms with E-state index >= 15 is 0 Å². The number of hydrogen-bond acceptors (Lipinski definition) is 5. The van der Waals surface area contributed by atoms with Crippen LogP contribution in [-0.2, 0) is 0 Å². The molecule has 3 aromatic rings. The van der Waals surface area contributed by atoms with Gasteiger partial charge in [-0.05, 0) is 35.6 Å². The number of aromatic hydroxyl groups is 1. The second kappa shape index (κ2) is 6.88. The van der Waals surface area contributed by atoms with E-state index in [1.807, 2.05) is 18.2 Å². The molecule has 1 aromatic carbocycles. The van der Waals surface area contributed by atoms with Crippen LogP contribution in [0.2, 0.25) is 0 Å². The Labute approximate surface area is 140 Å². The molecule has 0 saturated carbocycles. The molecule has 3 N–H and O–H groups in total. The summed E-state index contributed by atoms with van der Waals surface area (Å²) in [6.45, 7) is 0. The fourth-order valence-electron chi connectivity index (χ4n) is 2.03. The smallest absolute Gasteiger partial charge is 0.390 e. The maximum Gasteiger partial charge on any atom is 0.390 e. The van der Waals surface area contributed by atoms with Crippen LogP contribution >= 0.6 is 11.3 Å². The predicted molar refractivity (Wildman–Crippen MR) is 89.6 cm³/mol. The molecule has 120 valence electrons. The number of carbonyl (C=O) groups excluding carboxylic acids is 1. The summed E-state index contributed by atoms with van der Waals surface area (Å²) in [6, 6.07) is 11.7. The molecule has 0 bridgehead atoms. The minimum atomic E-state index is -0.541. The highest BCUT2D eigenvalue weighted by molar-refractivity contribution is 7.11. The summed E-state index contributed by atoms with van der Waals surface area (Å²) in [5.74, 6) is -0.107. The molecule has 0 aliphatic carbocycles. The Bertz CT molecular complexity index is 947. The topological polar surface area (TPSA) is 98.4 Å². The molecule has 0 spiro atoms. The van der Waals surface area contributed by atoms with E-state index in [-0.39, 0.29) is 16.2 Å². The first-order chi connectivity index (χ1) is 11.6. The van der Waals surface area contributed by atoms with E-state index in [2.05, 4.69) is 15.5 Å². The van der Waals surface area contributed by atoms with E-state index in [4.69, 9.17) is 0 Å². The maximum atomic E-state index is 12.0. The number of thiazole rings is 1. The molecule has 2 heterocycles. The normalized spacial score (nSPS) is 10.8. The van der Waals surface area contributed by atoms with Crippen molar-refractivity contribution in [3.8, 4) is 11.6 Å². The third-order valence-electron chi connectivity index (χ3n) is 3.13. The van der Waals surface area contributed by atoms with Gasteiger partial charge in [0, 0.05) is 0 Å². The van der Waals surface area contributed by atoms with E-state index in [1.54, 1.807) is 29.1 Å². The fraction of sp³-hybridized carbons (Fsp3) is 0. The van der Waals surface area contributed by atoms with Gasteiger partial charge in [-0.15, -0.1) is 0 Å². The molecular weight excluding hydrogens is 328 g/mol. The lowest BCUT2D eigenvalue weighted by atomic mass is 10.2. The molecule has 1 amide bonds. The number of hydrazone groups is 1. The van der Waals surface area contributed by atoms with Gasteiger partial charge in [-0.3, -0.25) is 4.79 Å². The lowest BCUT2D eigenvalue weighted by molar-refractivity contribution is -0.599. The number of carbonyl (C=O) groups is 1. The average Bonchev–Trinajstić information content (AvgIpc) is 2.97. The maximum absolute atomic E-state index is 12.0. The van der Waals surface area contributed by atoms with Crippen molar-refractivity contribution in [2.75, 3.05) is 0 Å². The predicted octanol–water partition coefficient (Wildman–Crippen LogP) is 1.18. The van der Waals surface area contributed by atoms with Gasteiger partial charge in [0.2, 0.25) is 0 Å².